The van der Waals surface area contributed by atoms with Crippen LogP contribution in [0.5, 0.6) is 0 Å². The average Bonchev–Trinajstić information content (AvgIpc) is 2.50. The van der Waals surface area contributed by atoms with Crippen molar-refractivity contribution in [3.8, 4) is 0 Å². The molecule has 0 bridgehead atoms. The Hall–Kier alpha value is -2.10. The molecule has 0 saturated carbocycles. The smallest absolute Gasteiger partial charge is 0.326 e. The summed E-state index contributed by atoms with van der Waals surface area (Å²) < 4.78 is 0. The van der Waals surface area contributed by atoms with Gasteiger partial charge in [-0.15, -0.1) is 6.58 Å². The predicted molar refractivity (Wildman–Crippen MR) is 81.4 cm³/mol. The van der Waals surface area contributed by atoms with Gasteiger partial charge in [0.1, 0.15) is 6.04 Å². The van der Waals surface area contributed by atoms with Crippen LogP contribution in [-0.4, -0.2) is 23.0 Å². The summed E-state index contributed by atoms with van der Waals surface area (Å²) in [7, 11) is 0. The third-order valence-corrected chi connectivity index (χ3v) is 3.87. The summed E-state index contributed by atoms with van der Waals surface area (Å²) in [6, 6.07) is 4.80. The molecule has 4 nitrogen and oxygen atoms in total. The summed E-state index contributed by atoms with van der Waals surface area (Å²) in [4.78, 5) is 23.4. The van der Waals surface area contributed by atoms with Crippen LogP contribution in [0.4, 0.5) is 0 Å². The number of carboxylic acid groups (broad SMARTS) is 1. The van der Waals surface area contributed by atoms with E-state index in [2.05, 4.69) is 11.9 Å². The van der Waals surface area contributed by atoms with Gasteiger partial charge < -0.3 is 10.4 Å². The van der Waals surface area contributed by atoms with Crippen LogP contribution in [0.3, 0.4) is 0 Å². The number of fused-ring (bicyclic) bond motifs is 1. The fraction of sp³-hybridized carbons (Fsp3) is 0.412. The fourth-order valence-corrected chi connectivity index (χ4v) is 2.66. The number of aliphatic carboxylic acids is 1. The number of benzene rings is 1. The molecule has 2 rings (SSSR count). The molecule has 0 heterocycles. The molecule has 1 unspecified atom stereocenters. The van der Waals surface area contributed by atoms with E-state index in [0.29, 0.717) is 18.4 Å². The Morgan fingerprint density at radius 2 is 2.00 bits per heavy atom. The lowest BCUT2D eigenvalue weighted by Gasteiger charge is -2.18. The van der Waals surface area contributed by atoms with Crippen molar-refractivity contribution in [2.45, 2.75) is 44.6 Å². The Balaban J connectivity index is 2.08. The van der Waals surface area contributed by atoms with Crippen LogP contribution in [0.1, 0.15) is 47.2 Å². The Morgan fingerprint density at radius 1 is 1.29 bits per heavy atom. The molecule has 0 saturated heterocycles. The SMILES string of the molecule is C=CCCC(NC(=O)c1ccc2c(c1)CCCC2)C(=O)O. The highest BCUT2D eigenvalue weighted by Gasteiger charge is 2.20. The second-order valence-corrected chi connectivity index (χ2v) is 5.42. The lowest BCUT2D eigenvalue weighted by Crippen LogP contribution is -2.40. The number of amides is 1. The first kappa shape index (κ1) is 15.3. The van der Waals surface area contributed by atoms with Crippen molar-refractivity contribution in [3.05, 3.63) is 47.5 Å². The molecule has 1 aromatic rings. The highest BCUT2D eigenvalue weighted by atomic mass is 16.4. The quantitative estimate of drug-likeness (QED) is 0.791. The predicted octanol–water partition coefficient (Wildman–Crippen LogP) is 2.71. The largest absolute Gasteiger partial charge is 0.480 e. The van der Waals surface area contributed by atoms with Crippen LogP contribution in [0.25, 0.3) is 0 Å². The van der Waals surface area contributed by atoms with E-state index in [-0.39, 0.29) is 5.91 Å². The standard InChI is InChI=1S/C17H21NO3/c1-2-3-8-15(17(20)21)18-16(19)14-10-9-12-6-4-5-7-13(12)11-14/h2,9-11,15H,1,3-8H2,(H,18,19)(H,20,21). The first-order valence-corrected chi connectivity index (χ1v) is 7.38. The number of allylic oxidation sites excluding steroid dienone is 1. The third kappa shape index (κ3) is 3.94. The second-order valence-electron chi connectivity index (χ2n) is 5.42. The van der Waals surface area contributed by atoms with Crippen molar-refractivity contribution in [2.75, 3.05) is 0 Å². The molecule has 1 aliphatic rings. The minimum Gasteiger partial charge on any atom is -0.480 e. The van der Waals surface area contributed by atoms with Gasteiger partial charge in [0.05, 0.1) is 0 Å². The molecule has 0 spiro atoms. The molecule has 1 atom stereocenters. The summed E-state index contributed by atoms with van der Waals surface area (Å²) in [5.74, 6) is -1.33. The van der Waals surface area contributed by atoms with Gasteiger partial charge in [0.25, 0.3) is 5.91 Å². The molecule has 2 N–H and O–H groups in total. The third-order valence-electron chi connectivity index (χ3n) is 3.87. The monoisotopic (exact) mass is 287 g/mol. The Bertz CT molecular complexity index is 551. The van der Waals surface area contributed by atoms with Gasteiger partial charge in [-0.05, 0) is 61.8 Å². The van der Waals surface area contributed by atoms with Gasteiger partial charge >= 0.3 is 5.97 Å². The number of aryl methyl sites for hydroxylation is 2. The molecule has 0 aliphatic heterocycles. The maximum absolute atomic E-state index is 12.2. The molecule has 0 aromatic heterocycles. The number of hydrogen-bond acceptors (Lipinski definition) is 2. The number of carbonyl (C=O) groups is 2. The maximum Gasteiger partial charge on any atom is 0.326 e. The van der Waals surface area contributed by atoms with Crippen LogP contribution in [0.15, 0.2) is 30.9 Å². The maximum atomic E-state index is 12.2. The van der Waals surface area contributed by atoms with E-state index in [1.165, 1.54) is 17.5 Å². The van der Waals surface area contributed by atoms with E-state index in [0.717, 1.165) is 19.3 Å². The molecule has 21 heavy (non-hydrogen) atoms. The summed E-state index contributed by atoms with van der Waals surface area (Å²) in [5, 5.41) is 11.7. The van der Waals surface area contributed by atoms with Gasteiger partial charge in [0.2, 0.25) is 0 Å². The second kappa shape index (κ2) is 7.07. The number of nitrogens with one attached hydrogen (secondary N) is 1. The van der Waals surface area contributed by atoms with Crippen LogP contribution in [-0.2, 0) is 17.6 Å². The Morgan fingerprint density at radius 3 is 2.67 bits per heavy atom. The first-order valence-electron chi connectivity index (χ1n) is 7.38. The molecular weight excluding hydrogens is 266 g/mol. The molecule has 112 valence electrons. The minimum absolute atomic E-state index is 0.320. The van der Waals surface area contributed by atoms with Crippen molar-refractivity contribution in [2.24, 2.45) is 0 Å². The first-order chi connectivity index (χ1) is 10.1. The van der Waals surface area contributed by atoms with Gasteiger partial charge in [-0.3, -0.25) is 4.79 Å². The van der Waals surface area contributed by atoms with Gasteiger partial charge in [-0.1, -0.05) is 12.1 Å². The normalized spacial score (nSPS) is 14.9. The molecule has 1 aliphatic carbocycles. The van der Waals surface area contributed by atoms with Crippen LogP contribution >= 0.6 is 0 Å². The Kier molecular flexibility index (Phi) is 5.14. The van der Waals surface area contributed by atoms with Crippen molar-refractivity contribution in [1.82, 2.24) is 5.32 Å². The van der Waals surface area contributed by atoms with Gasteiger partial charge in [-0.25, -0.2) is 4.79 Å². The summed E-state index contributed by atoms with van der Waals surface area (Å²) >= 11 is 0. The molecule has 0 fully saturated rings. The van der Waals surface area contributed by atoms with Crippen LogP contribution in [0.2, 0.25) is 0 Å². The molecule has 0 radical (unpaired) electrons. The van der Waals surface area contributed by atoms with E-state index in [9.17, 15) is 9.59 Å². The summed E-state index contributed by atoms with van der Waals surface area (Å²) in [6.07, 6.45) is 6.97. The zero-order valence-corrected chi connectivity index (χ0v) is 12.1. The van der Waals surface area contributed by atoms with Crippen molar-refractivity contribution in [1.29, 1.82) is 0 Å². The van der Waals surface area contributed by atoms with Crippen LogP contribution < -0.4 is 5.32 Å². The fourth-order valence-electron chi connectivity index (χ4n) is 2.66. The Labute approximate surface area is 124 Å². The number of carbonyl (C=O) groups excluding carboxylic acids is 1. The van der Waals surface area contributed by atoms with Crippen molar-refractivity contribution in [3.63, 3.8) is 0 Å². The zero-order chi connectivity index (χ0) is 15.2. The molecule has 1 amide bonds. The highest BCUT2D eigenvalue weighted by Crippen LogP contribution is 2.22. The van der Waals surface area contributed by atoms with Gasteiger partial charge in [-0.2, -0.15) is 0 Å². The average molecular weight is 287 g/mol. The van der Waals surface area contributed by atoms with E-state index in [4.69, 9.17) is 5.11 Å². The van der Waals surface area contributed by atoms with Crippen molar-refractivity contribution >= 4 is 11.9 Å². The lowest BCUT2D eigenvalue weighted by atomic mass is 9.90. The lowest BCUT2D eigenvalue weighted by molar-refractivity contribution is -0.139. The minimum atomic E-state index is -1.01. The zero-order valence-electron chi connectivity index (χ0n) is 12.1. The summed E-state index contributed by atoms with van der Waals surface area (Å²) in [5.41, 5.74) is 3.06. The van der Waals surface area contributed by atoms with E-state index in [1.807, 2.05) is 12.1 Å². The highest BCUT2D eigenvalue weighted by molar-refractivity contribution is 5.96. The van der Waals surface area contributed by atoms with Crippen molar-refractivity contribution < 1.29 is 14.7 Å². The molecule has 4 heteroatoms. The van der Waals surface area contributed by atoms with Gasteiger partial charge in [0.15, 0.2) is 0 Å². The van der Waals surface area contributed by atoms with E-state index >= 15 is 0 Å². The van der Waals surface area contributed by atoms with E-state index in [1.54, 1.807) is 12.1 Å². The summed E-state index contributed by atoms with van der Waals surface area (Å²) in [6.45, 7) is 3.57. The molecular formula is C17H21NO3. The molecule has 1 aromatic carbocycles. The number of carboxylic acids is 1. The number of rotatable bonds is 6. The van der Waals surface area contributed by atoms with E-state index < -0.39 is 12.0 Å². The number of hydrogen-bond donors (Lipinski definition) is 2. The van der Waals surface area contributed by atoms with Gasteiger partial charge in [0, 0.05) is 5.56 Å². The van der Waals surface area contributed by atoms with Crippen LogP contribution in [0, 0.1) is 0 Å². The topological polar surface area (TPSA) is 66.4 Å².